The number of nitrogens with zero attached hydrogens (tertiary/aromatic N) is 1. The molecule has 1 atom stereocenters. The van der Waals surface area contributed by atoms with Crippen LogP contribution in [0.2, 0.25) is 0 Å². The van der Waals surface area contributed by atoms with Gasteiger partial charge in [-0.3, -0.25) is 0 Å². The van der Waals surface area contributed by atoms with Gasteiger partial charge < -0.3 is 0 Å². The Balaban J connectivity index is 1.93. The van der Waals surface area contributed by atoms with E-state index >= 15 is 0 Å². The van der Waals surface area contributed by atoms with E-state index < -0.39 is 10.2 Å². The molecule has 19 heavy (non-hydrogen) atoms. The zero-order valence-electron chi connectivity index (χ0n) is 11.7. The van der Waals surface area contributed by atoms with E-state index in [1.54, 1.807) is 4.31 Å². The average Bonchev–Trinajstić information content (AvgIpc) is 2.86. The van der Waals surface area contributed by atoms with E-state index in [4.69, 9.17) is 0 Å². The summed E-state index contributed by atoms with van der Waals surface area (Å²) in [6, 6.07) is 0. The largest absolute Gasteiger partial charge is 0.279 e. The molecular weight excluding hydrogens is 328 g/mol. The topological polar surface area (TPSA) is 49.4 Å². The number of alkyl halides is 1. The van der Waals surface area contributed by atoms with Crippen molar-refractivity contribution in [1.82, 2.24) is 9.03 Å². The van der Waals surface area contributed by atoms with Crippen molar-refractivity contribution in [2.24, 2.45) is 11.3 Å². The van der Waals surface area contributed by atoms with E-state index in [1.807, 2.05) is 0 Å². The van der Waals surface area contributed by atoms with Gasteiger partial charge in [0.2, 0.25) is 0 Å². The highest BCUT2D eigenvalue weighted by atomic mass is 79.9. The predicted octanol–water partition coefficient (Wildman–Crippen LogP) is 2.51. The molecule has 2 rings (SSSR count). The van der Waals surface area contributed by atoms with E-state index in [0.717, 1.165) is 31.0 Å². The van der Waals surface area contributed by atoms with Crippen molar-refractivity contribution in [3.8, 4) is 0 Å². The second kappa shape index (κ2) is 6.41. The Bertz CT molecular complexity index is 393. The molecule has 112 valence electrons. The van der Waals surface area contributed by atoms with E-state index in [1.165, 1.54) is 12.8 Å². The second-order valence-corrected chi connectivity index (χ2v) is 8.59. The van der Waals surface area contributed by atoms with Crippen LogP contribution >= 0.6 is 15.9 Å². The maximum absolute atomic E-state index is 12.3. The molecule has 0 aromatic heterocycles. The first-order valence-electron chi connectivity index (χ1n) is 7.28. The SMILES string of the molecule is CC1CCCN(S(=O)(=O)NCC2(CBr)CCCC2)C1. The molecule has 0 bridgehead atoms. The molecule has 1 unspecified atom stereocenters. The fourth-order valence-electron chi connectivity index (χ4n) is 3.18. The molecule has 1 aliphatic heterocycles. The smallest absolute Gasteiger partial charge is 0.202 e. The monoisotopic (exact) mass is 352 g/mol. The number of hydrogen-bond donors (Lipinski definition) is 1. The van der Waals surface area contributed by atoms with Gasteiger partial charge in [-0.2, -0.15) is 12.7 Å². The lowest BCUT2D eigenvalue weighted by Crippen LogP contribution is -2.48. The number of nitrogens with one attached hydrogen (secondary N) is 1. The summed E-state index contributed by atoms with van der Waals surface area (Å²) in [5.74, 6) is 0.474. The molecule has 4 nitrogen and oxygen atoms in total. The van der Waals surface area contributed by atoms with E-state index in [0.29, 0.717) is 25.6 Å². The maximum Gasteiger partial charge on any atom is 0.279 e. The molecule has 0 aromatic carbocycles. The molecule has 6 heteroatoms. The van der Waals surface area contributed by atoms with Crippen LogP contribution in [0.4, 0.5) is 0 Å². The number of halogens is 1. The highest BCUT2D eigenvalue weighted by molar-refractivity contribution is 9.09. The Hall–Kier alpha value is 0.350. The fraction of sp³-hybridized carbons (Fsp3) is 1.00. The minimum atomic E-state index is -3.29. The van der Waals surface area contributed by atoms with Gasteiger partial charge in [-0.15, -0.1) is 0 Å². The molecule has 0 amide bonds. The summed E-state index contributed by atoms with van der Waals surface area (Å²) in [6.07, 6.45) is 6.79. The summed E-state index contributed by atoms with van der Waals surface area (Å²) in [5, 5.41) is 0.888. The Morgan fingerprint density at radius 2 is 2.00 bits per heavy atom. The third-order valence-electron chi connectivity index (χ3n) is 4.54. The first-order chi connectivity index (χ1) is 8.97. The van der Waals surface area contributed by atoms with Gasteiger partial charge in [0.1, 0.15) is 0 Å². The normalized spacial score (nSPS) is 28.6. The van der Waals surface area contributed by atoms with Gasteiger partial charge >= 0.3 is 0 Å². The molecule has 0 radical (unpaired) electrons. The van der Waals surface area contributed by atoms with Gasteiger partial charge in [-0.25, -0.2) is 4.72 Å². The van der Waals surface area contributed by atoms with Crippen LogP contribution in [-0.4, -0.2) is 37.7 Å². The Labute approximate surface area is 125 Å². The van der Waals surface area contributed by atoms with Gasteiger partial charge in [0.15, 0.2) is 0 Å². The van der Waals surface area contributed by atoms with E-state index in [-0.39, 0.29) is 5.41 Å². The lowest BCUT2D eigenvalue weighted by Gasteiger charge is -2.32. The number of hydrogen-bond acceptors (Lipinski definition) is 2. The molecule has 1 heterocycles. The summed E-state index contributed by atoms with van der Waals surface area (Å²) in [5.41, 5.74) is 0.133. The highest BCUT2D eigenvalue weighted by Crippen LogP contribution is 2.39. The van der Waals surface area contributed by atoms with Crippen molar-refractivity contribution in [2.45, 2.75) is 45.4 Å². The predicted molar refractivity (Wildman–Crippen MR) is 81.6 cm³/mol. The zero-order valence-corrected chi connectivity index (χ0v) is 14.1. The summed E-state index contributed by atoms with van der Waals surface area (Å²) < 4.78 is 29.2. The van der Waals surface area contributed by atoms with Crippen molar-refractivity contribution in [1.29, 1.82) is 0 Å². The molecule has 0 spiro atoms. The standard InChI is InChI=1S/C13H25BrN2O2S/c1-12-5-4-8-16(9-12)19(17,18)15-11-13(10-14)6-2-3-7-13/h12,15H,2-11H2,1H3. The second-order valence-electron chi connectivity index (χ2n) is 6.27. The van der Waals surface area contributed by atoms with Crippen molar-refractivity contribution in [3.63, 3.8) is 0 Å². The molecule has 1 saturated heterocycles. The van der Waals surface area contributed by atoms with Gasteiger partial charge in [0.25, 0.3) is 10.2 Å². The van der Waals surface area contributed by atoms with Gasteiger partial charge in [-0.1, -0.05) is 35.7 Å². The van der Waals surface area contributed by atoms with Crippen LogP contribution in [0, 0.1) is 11.3 Å². The van der Waals surface area contributed by atoms with Crippen LogP contribution in [0.25, 0.3) is 0 Å². The number of piperidine rings is 1. The molecule has 2 aliphatic rings. The van der Waals surface area contributed by atoms with Gasteiger partial charge in [0, 0.05) is 25.0 Å². The third kappa shape index (κ3) is 3.93. The molecule has 0 aromatic rings. The van der Waals surface area contributed by atoms with Crippen molar-refractivity contribution >= 4 is 26.1 Å². The van der Waals surface area contributed by atoms with Crippen molar-refractivity contribution < 1.29 is 8.42 Å². The summed E-state index contributed by atoms with van der Waals surface area (Å²) in [4.78, 5) is 0. The van der Waals surface area contributed by atoms with Crippen LogP contribution in [0.3, 0.4) is 0 Å². The minimum Gasteiger partial charge on any atom is -0.202 e. The first-order valence-corrected chi connectivity index (χ1v) is 9.84. The maximum atomic E-state index is 12.3. The van der Waals surface area contributed by atoms with Crippen LogP contribution in [0.15, 0.2) is 0 Å². The lowest BCUT2D eigenvalue weighted by molar-refractivity contribution is 0.273. The molecule has 1 N–H and O–H groups in total. The molecular formula is C13H25BrN2O2S. The summed E-state index contributed by atoms with van der Waals surface area (Å²) in [6.45, 7) is 4.03. The fourth-order valence-corrected chi connectivity index (χ4v) is 5.43. The average molecular weight is 353 g/mol. The Kier molecular flexibility index (Phi) is 5.31. The van der Waals surface area contributed by atoms with Gasteiger partial charge in [0.05, 0.1) is 0 Å². The quantitative estimate of drug-likeness (QED) is 0.772. The van der Waals surface area contributed by atoms with Crippen molar-refractivity contribution in [3.05, 3.63) is 0 Å². The van der Waals surface area contributed by atoms with Crippen molar-refractivity contribution in [2.75, 3.05) is 25.0 Å². The van der Waals surface area contributed by atoms with Crippen LogP contribution in [0.1, 0.15) is 45.4 Å². The lowest BCUT2D eigenvalue weighted by atomic mass is 9.89. The minimum absolute atomic E-state index is 0.133. The molecule has 2 fully saturated rings. The third-order valence-corrected chi connectivity index (χ3v) is 7.25. The molecule has 1 aliphatic carbocycles. The first kappa shape index (κ1) is 15.7. The van der Waals surface area contributed by atoms with E-state index in [2.05, 4.69) is 27.6 Å². The summed E-state index contributed by atoms with van der Waals surface area (Å²) in [7, 11) is -3.29. The highest BCUT2D eigenvalue weighted by Gasteiger charge is 2.35. The van der Waals surface area contributed by atoms with E-state index in [9.17, 15) is 8.42 Å². The summed E-state index contributed by atoms with van der Waals surface area (Å²) >= 11 is 3.56. The van der Waals surface area contributed by atoms with Gasteiger partial charge in [-0.05, 0) is 37.0 Å². The Morgan fingerprint density at radius 1 is 1.32 bits per heavy atom. The van der Waals surface area contributed by atoms with Crippen LogP contribution in [-0.2, 0) is 10.2 Å². The molecule has 1 saturated carbocycles. The Morgan fingerprint density at radius 3 is 2.58 bits per heavy atom. The zero-order chi connectivity index (χ0) is 13.9. The number of rotatable bonds is 5. The van der Waals surface area contributed by atoms with Crippen LogP contribution < -0.4 is 4.72 Å². The van der Waals surface area contributed by atoms with Crippen LogP contribution in [0.5, 0.6) is 0 Å².